The number of benzene rings is 6. The minimum Gasteiger partial charge on any atom is -0.396 e. The van der Waals surface area contributed by atoms with E-state index in [0.717, 1.165) is 16.7 Å². The van der Waals surface area contributed by atoms with E-state index in [1.54, 1.807) is 100 Å². The Bertz CT molecular complexity index is 4480. The number of aryl methyl sites for hydroxylation is 4. The van der Waals surface area contributed by atoms with Crippen LogP contribution in [0.1, 0.15) is 107 Å². The average Bonchev–Trinajstić information content (AvgIpc) is 1.38. The van der Waals surface area contributed by atoms with Crippen LogP contribution in [0.25, 0.3) is 32.7 Å². The number of hydrogen-bond donors (Lipinski definition) is 5. The maximum atomic E-state index is 15.6. The van der Waals surface area contributed by atoms with Crippen molar-refractivity contribution in [3.8, 4) is 0 Å². The molecule has 15 nitrogen and oxygen atoms in total. The largest absolute Gasteiger partial charge is 0.396 e. The van der Waals surface area contributed by atoms with Crippen LogP contribution in [-0.4, -0.2) is 83.6 Å². The molecule has 0 saturated heterocycles. The summed E-state index contributed by atoms with van der Waals surface area (Å²) in [5.41, 5.74) is 4.89. The van der Waals surface area contributed by atoms with Gasteiger partial charge in [0.2, 0.25) is 30.1 Å². The summed E-state index contributed by atoms with van der Waals surface area (Å²) in [6, 6.07) is 22.2. The molecule has 3 saturated carbocycles. The molecule has 90 heavy (non-hydrogen) atoms. The van der Waals surface area contributed by atoms with Crippen molar-refractivity contribution >= 4 is 119 Å². The fourth-order valence-electron chi connectivity index (χ4n) is 10.8. The Morgan fingerprint density at radius 2 is 1.00 bits per heavy atom. The highest BCUT2D eigenvalue weighted by molar-refractivity contribution is 9.10. The third-order valence-corrected chi connectivity index (χ3v) is 24.1. The van der Waals surface area contributed by atoms with Gasteiger partial charge in [-0.05, 0) is 179 Å². The number of rotatable bonds is 19. The van der Waals surface area contributed by atoms with E-state index in [0.29, 0.717) is 80.3 Å². The smallest absolute Gasteiger partial charge is 0.238 e. The van der Waals surface area contributed by atoms with Crippen LogP contribution in [0.2, 0.25) is 10.0 Å². The van der Waals surface area contributed by atoms with Crippen LogP contribution in [0.3, 0.4) is 0 Å². The standard InChI is InChI=1S/C23H24F2N2O3S.C21H20Cl2FN3O3S.C20H17BrF2N2O2S/c1-14-3-4-16(19(24)11-14)12-18-20(27-31(29,30)23(6-7-23)8-10-28)13-17-15(2)5-9-26-22(17)21(18)25;1-12-11-25-26-20-15(12)10-18(27-31(29,30)21(4-5-21)6-7-28)16(19(20)24)8-13-2-3-14(22)9-17(13)23;1-11-6-7-24-20-15(11)10-18(25-28(26,27)14-4-5-14)16(19(20)23)8-12-2-3-13(21)9-17(12)22/h3-5,9,11,13,27-28H,6-8,10,12H2,1-2H3;2-3,9-11,27-28H,4-8H2,1H3;2-3,6-7,9-10,14,25H,4-5,8H2,1H3. The lowest BCUT2D eigenvalue weighted by molar-refractivity contribution is 0.282. The molecule has 0 spiro atoms. The third kappa shape index (κ3) is 13.9. The normalized spacial score (nSPS) is 15.0. The van der Waals surface area contributed by atoms with E-state index in [4.69, 9.17) is 23.2 Å². The lowest BCUT2D eigenvalue weighted by atomic mass is 9.98. The Kier molecular flexibility index (Phi) is 19.3. The van der Waals surface area contributed by atoms with Gasteiger partial charge < -0.3 is 10.2 Å². The van der Waals surface area contributed by atoms with Gasteiger partial charge in [0.15, 0.2) is 17.5 Å². The van der Waals surface area contributed by atoms with Crippen molar-refractivity contribution < 1.29 is 57.4 Å². The van der Waals surface area contributed by atoms with E-state index >= 15 is 13.2 Å². The number of hydrogen-bond acceptors (Lipinski definition) is 12. The van der Waals surface area contributed by atoms with Gasteiger partial charge in [-0.1, -0.05) is 63.4 Å². The van der Waals surface area contributed by atoms with Crippen LogP contribution in [0.4, 0.5) is 39.0 Å². The highest BCUT2D eigenvalue weighted by atomic mass is 79.9. The Morgan fingerprint density at radius 1 is 0.556 bits per heavy atom. The van der Waals surface area contributed by atoms with Crippen molar-refractivity contribution in [2.75, 3.05) is 27.4 Å². The lowest BCUT2D eigenvalue weighted by Gasteiger charge is -2.20. The van der Waals surface area contributed by atoms with Crippen LogP contribution >= 0.6 is 39.1 Å². The SMILES string of the molecule is Cc1ccc(Cc2c(NS(=O)(=O)C3(CCO)CC3)cc3c(C)ccnc3c2F)c(F)c1.Cc1ccnc2c(F)c(Cc3ccc(Br)cc3F)c(NS(=O)(=O)C3CC3)cc12.Cc1cnnc2c(F)c(Cc3ccc(Cl)cc3Cl)c(NS(=O)(=O)C3(CCO)CC3)cc12. The second kappa shape index (κ2) is 26.2. The van der Waals surface area contributed by atoms with Gasteiger partial charge in [0.1, 0.15) is 28.2 Å². The maximum absolute atomic E-state index is 15.6. The molecule has 0 atom stereocenters. The summed E-state index contributed by atoms with van der Waals surface area (Å²) in [6.07, 6.45) is 7.44. The molecule has 9 aromatic rings. The van der Waals surface area contributed by atoms with Crippen LogP contribution in [0, 0.1) is 56.8 Å². The van der Waals surface area contributed by atoms with Gasteiger partial charge in [-0.15, -0.1) is 5.10 Å². The van der Waals surface area contributed by atoms with Gasteiger partial charge in [0, 0.05) is 92.2 Å². The monoisotopic (exact) mass is 1400 g/mol. The first-order valence-corrected chi connectivity index (χ1v) is 34.6. The van der Waals surface area contributed by atoms with E-state index in [2.05, 4.69) is 50.3 Å². The molecule has 3 aliphatic rings. The van der Waals surface area contributed by atoms with E-state index < -0.39 is 73.9 Å². The van der Waals surface area contributed by atoms with Crippen LogP contribution in [0.15, 0.2) is 108 Å². The zero-order chi connectivity index (χ0) is 64.8. The number of halogens is 8. The lowest BCUT2D eigenvalue weighted by Crippen LogP contribution is -2.31. The van der Waals surface area contributed by atoms with Gasteiger partial charge >= 0.3 is 0 Å². The first kappa shape index (κ1) is 66.3. The molecule has 0 radical (unpaired) electrons. The fraction of sp³-hybridized carbons (Fsp3) is 0.312. The third-order valence-electron chi connectivity index (χ3n) is 16.7. The number of nitrogens with one attached hydrogen (secondary N) is 3. The van der Waals surface area contributed by atoms with Gasteiger partial charge in [0.05, 0.1) is 38.0 Å². The van der Waals surface area contributed by atoms with Crippen molar-refractivity contribution in [3.63, 3.8) is 0 Å². The quantitative estimate of drug-likeness (QED) is 0.0476. The Labute approximate surface area is 536 Å². The number of aromatic nitrogens is 4. The average molecular weight is 1400 g/mol. The highest BCUT2D eigenvalue weighted by Gasteiger charge is 2.55. The molecule has 0 aliphatic heterocycles. The molecule has 6 aromatic carbocycles. The molecule has 0 amide bonds. The number of fused-ring (bicyclic) bond motifs is 3. The summed E-state index contributed by atoms with van der Waals surface area (Å²) in [5, 5.41) is 28.1. The van der Waals surface area contributed by atoms with E-state index in [1.807, 2.05) is 0 Å². The van der Waals surface area contributed by atoms with Crippen LogP contribution in [-0.2, 0) is 49.3 Å². The van der Waals surface area contributed by atoms with Gasteiger partial charge in [-0.25, -0.2) is 47.2 Å². The van der Waals surface area contributed by atoms with Gasteiger partial charge in [0.25, 0.3) is 0 Å². The maximum Gasteiger partial charge on any atom is 0.238 e. The zero-order valence-corrected chi connectivity index (χ0v) is 54.5. The molecule has 5 N–H and O–H groups in total. The zero-order valence-electron chi connectivity index (χ0n) is 49.0. The summed E-state index contributed by atoms with van der Waals surface area (Å²) < 4.78 is 159. The highest BCUT2D eigenvalue weighted by Crippen LogP contribution is 2.49. The minimum absolute atomic E-state index is 0.0260. The number of nitrogens with zero attached hydrogens (tertiary/aromatic N) is 4. The van der Waals surface area contributed by atoms with E-state index in [9.17, 15) is 44.2 Å². The molecule has 0 bridgehead atoms. The predicted octanol–water partition coefficient (Wildman–Crippen LogP) is 14.1. The fourth-order valence-corrected chi connectivity index (χ4v) is 16.4. The molecule has 3 heterocycles. The van der Waals surface area contributed by atoms with Crippen molar-refractivity contribution in [1.29, 1.82) is 0 Å². The first-order valence-electron chi connectivity index (χ1n) is 28.6. The Hall–Kier alpha value is -6.64. The Balaban J connectivity index is 0.000000149. The second-order valence-corrected chi connectivity index (χ2v) is 31.0. The number of sulfonamides is 3. The van der Waals surface area contributed by atoms with Gasteiger partial charge in [-0.2, -0.15) is 5.10 Å². The van der Waals surface area contributed by atoms with Gasteiger partial charge in [-0.3, -0.25) is 24.1 Å². The predicted molar refractivity (Wildman–Crippen MR) is 345 cm³/mol. The molecule has 12 rings (SSSR count). The molecule has 474 valence electrons. The van der Waals surface area contributed by atoms with Crippen molar-refractivity contribution in [2.24, 2.45) is 0 Å². The van der Waals surface area contributed by atoms with Crippen molar-refractivity contribution in [2.45, 2.75) is 113 Å². The van der Waals surface area contributed by atoms with Crippen molar-refractivity contribution in [3.05, 3.63) is 203 Å². The minimum atomic E-state index is -3.88. The molecule has 3 aliphatic carbocycles. The summed E-state index contributed by atoms with van der Waals surface area (Å²) in [6.45, 7) is 6.60. The molecule has 0 unspecified atom stereocenters. The van der Waals surface area contributed by atoms with Crippen LogP contribution < -0.4 is 14.2 Å². The number of aliphatic hydroxyl groups excluding tert-OH is 2. The first-order chi connectivity index (χ1) is 42.6. The van der Waals surface area contributed by atoms with E-state index in [1.165, 1.54) is 30.7 Å². The number of pyridine rings is 2. The van der Waals surface area contributed by atoms with E-state index in [-0.39, 0.29) is 107 Å². The van der Waals surface area contributed by atoms with Crippen LogP contribution in [0.5, 0.6) is 0 Å². The number of aliphatic hydroxyl groups is 2. The number of anilines is 3. The summed E-state index contributed by atoms with van der Waals surface area (Å²) in [4.78, 5) is 8.24. The second-order valence-electron chi connectivity index (χ2n) is 23.1. The summed E-state index contributed by atoms with van der Waals surface area (Å²) in [7, 11) is -11.4. The molecular formula is C64H61BrCl2F5N7O8S3. The summed E-state index contributed by atoms with van der Waals surface area (Å²) >= 11 is 15.4. The van der Waals surface area contributed by atoms with Crippen molar-refractivity contribution in [1.82, 2.24) is 20.2 Å². The summed E-state index contributed by atoms with van der Waals surface area (Å²) in [5.74, 6) is -2.96. The molecule has 3 fully saturated rings. The molecule has 26 heteroatoms. The molecule has 3 aromatic heterocycles. The molecular weight excluding hydrogens is 1340 g/mol. The topological polar surface area (TPSA) is 231 Å². The Morgan fingerprint density at radius 3 is 1.46 bits per heavy atom.